The number of hydrogen-bond donors (Lipinski definition) is 4. The van der Waals surface area contributed by atoms with Gasteiger partial charge in [-0.3, -0.25) is 19.2 Å². The molecule has 1 aliphatic carbocycles. The molecular weight excluding hydrogens is 494 g/mol. The van der Waals surface area contributed by atoms with Crippen LogP contribution in [0, 0.1) is 17.3 Å². The largest absolute Gasteiger partial charge is 0.369 e. The predicted molar refractivity (Wildman–Crippen MR) is 139 cm³/mol. The number of likely N-dealkylation sites (tertiary alicyclic amines) is 1. The van der Waals surface area contributed by atoms with Gasteiger partial charge >= 0.3 is 0 Å². The molecule has 9 nitrogen and oxygen atoms in total. The molecule has 5 rings (SSSR count). The monoisotopic (exact) mass is 527 g/mol. The maximum Gasteiger partial charge on any atom is 0.271 e. The molecule has 2 unspecified atom stereocenters. The first-order valence-electron chi connectivity index (χ1n) is 13.2. The Bertz CT molecular complexity index is 1240. The van der Waals surface area contributed by atoms with Gasteiger partial charge in [0.15, 0.2) is 0 Å². The van der Waals surface area contributed by atoms with Crippen molar-refractivity contribution >= 4 is 46.1 Å². The quantitative estimate of drug-likeness (QED) is 0.456. The van der Waals surface area contributed by atoms with Gasteiger partial charge in [0.2, 0.25) is 17.7 Å². The van der Waals surface area contributed by atoms with Crippen molar-refractivity contribution in [1.29, 1.82) is 0 Å². The highest BCUT2D eigenvalue weighted by Gasteiger charge is 2.59. The average Bonchev–Trinajstić information content (AvgIpc) is 3.44. The van der Waals surface area contributed by atoms with E-state index in [0.29, 0.717) is 35.3 Å². The Morgan fingerprint density at radius 3 is 2.54 bits per heavy atom. The summed E-state index contributed by atoms with van der Waals surface area (Å²) in [5.74, 6) is -2.83. The molecule has 1 aromatic carbocycles. The topological polar surface area (TPSA) is 151 Å². The van der Waals surface area contributed by atoms with E-state index in [1.54, 1.807) is 18.2 Å². The van der Waals surface area contributed by atoms with Crippen LogP contribution in [-0.4, -0.2) is 52.1 Å². The molecule has 1 aromatic heterocycles. The summed E-state index contributed by atoms with van der Waals surface area (Å²) in [5, 5.41) is 4.07. The molecule has 3 aliphatic rings. The number of H-pyrrole nitrogens is 1. The van der Waals surface area contributed by atoms with Crippen LogP contribution in [0.4, 0.5) is 0 Å². The summed E-state index contributed by atoms with van der Waals surface area (Å²) in [6.07, 6.45) is 6.55. The summed E-state index contributed by atoms with van der Waals surface area (Å²) in [6, 6.07) is 5.52. The van der Waals surface area contributed by atoms with E-state index in [1.165, 1.54) is 4.90 Å². The lowest BCUT2D eigenvalue weighted by molar-refractivity contribution is -0.131. The Morgan fingerprint density at radius 1 is 1.14 bits per heavy atom. The van der Waals surface area contributed by atoms with E-state index in [2.05, 4.69) is 10.3 Å². The zero-order chi connectivity index (χ0) is 26.3. The molecule has 6 N–H and O–H groups in total. The number of halogens is 1. The molecule has 2 aromatic rings. The van der Waals surface area contributed by atoms with Gasteiger partial charge in [0.05, 0.1) is 12.0 Å². The van der Waals surface area contributed by atoms with Gasteiger partial charge in [-0.1, -0.05) is 36.9 Å². The van der Waals surface area contributed by atoms with Crippen molar-refractivity contribution in [3.05, 3.63) is 35.0 Å². The first-order valence-corrected chi connectivity index (χ1v) is 13.6. The van der Waals surface area contributed by atoms with Gasteiger partial charge < -0.3 is 26.7 Å². The molecule has 10 heteroatoms. The number of carbonyl (C=O) groups excluding carboxylic acids is 4. The van der Waals surface area contributed by atoms with E-state index < -0.39 is 41.1 Å². The maximum absolute atomic E-state index is 14.2. The van der Waals surface area contributed by atoms with Crippen LogP contribution in [-0.2, 0) is 14.4 Å². The fourth-order valence-corrected chi connectivity index (χ4v) is 7.34. The van der Waals surface area contributed by atoms with Gasteiger partial charge in [0.1, 0.15) is 11.7 Å². The number of hydrogen-bond acceptors (Lipinski definition) is 4. The minimum absolute atomic E-state index is 0.0946. The number of benzene rings is 1. The summed E-state index contributed by atoms with van der Waals surface area (Å²) in [6.45, 7) is 0.612. The SMILES string of the molecule is NC(=O)C1CC2(CCCCC2)C([C@H](C[C@@H]2CCCNC2=O)C(N)=O)N1C(=O)c1cc2c(Cl)cccc2[nH]1. The third-order valence-electron chi connectivity index (χ3n) is 8.80. The van der Waals surface area contributed by atoms with Gasteiger partial charge in [-0.15, -0.1) is 0 Å². The third kappa shape index (κ3) is 4.58. The molecule has 4 amide bonds. The number of nitrogens with one attached hydrogen (secondary N) is 2. The van der Waals surface area contributed by atoms with Crippen molar-refractivity contribution in [3.8, 4) is 0 Å². The second-order valence-corrected chi connectivity index (χ2v) is 11.4. The summed E-state index contributed by atoms with van der Waals surface area (Å²) < 4.78 is 0. The smallest absolute Gasteiger partial charge is 0.271 e. The van der Waals surface area contributed by atoms with Crippen LogP contribution in [0.2, 0.25) is 5.02 Å². The number of nitrogens with zero attached hydrogens (tertiary/aromatic N) is 1. The maximum atomic E-state index is 14.2. The lowest BCUT2D eigenvalue weighted by Crippen LogP contribution is -2.56. The molecule has 198 valence electrons. The van der Waals surface area contributed by atoms with Crippen LogP contribution in [0.5, 0.6) is 0 Å². The standard InChI is InChI=1S/C27H34ClN5O4/c28-18-7-4-8-19-16(18)13-20(32-19)26(37)33-21(24(30)35)14-27(9-2-1-3-10-27)22(33)17(23(29)34)12-15-6-5-11-31-25(15)36/h4,7-8,13,15,17,21-22,32H,1-3,5-6,9-12,14H2,(H2,29,34)(H2,30,35)(H,31,36)/t15-,17-,21?,22?/m0/s1. The molecule has 2 aliphatic heterocycles. The molecule has 3 heterocycles. The minimum atomic E-state index is -0.875. The van der Waals surface area contributed by atoms with E-state index in [4.69, 9.17) is 23.1 Å². The summed E-state index contributed by atoms with van der Waals surface area (Å²) in [5.41, 5.74) is 12.4. The van der Waals surface area contributed by atoms with Crippen LogP contribution in [0.1, 0.15) is 68.3 Å². The van der Waals surface area contributed by atoms with E-state index in [9.17, 15) is 19.2 Å². The highest BCUT2D eigenvalue weighted by Crippen LogP contribution is 2.54. The Hall–Kier alpha value is -3.07. The second-order valence-electron chi connectivity index (χ2n) is 11.0. The van der Waals surface area contributed by atoms with Gasteiger partial charge in [-0.05, 0) is 62.1 Å². The molecule has 37 heavy (non-hydrogen) atoms. The van der Waals surface area contributed by atoms with Crippen molar-refractivity contribution in [2.24, 2.45) is 28.7 Å². The van der Waals surface area contributed by atoms with Crippen LogP contribution in [0.3, 0.4) is 0 Å². The number of piperidine rings is 1. The fraction of sp³-hybridized carbons (Fsp3) is 0.556. The molecule has 4 atom stereocenters. The van der Waals surface area contributed by atoms with Crippen LogP contribution >= 0.6 is 11.6 Å². The molecule has 1 saturated carbocycles. The molecule has 0 radical (unpaired) electrons. The number of amides is 4. The number of primary amides is 2. The van der Waals surface area contributed by atoms with Gasteiger partial charge in [-0.2, -0.15) is 0 Å². The third-order valence-corrected chi connectivity index (χ3v) is 9.13. The van der Waals surface area contributed by atoms with E-state index in [0.717, 1.165) is 38.5 Å². The average molecular weight is 528 g/mol. The number of nitrogens with two attached hydrogens (primary N) is 2. The Kier molecular flexibility index (Phi) is 6.91. The first kappa shape index (κ1) is 25.6. The number of rotatable bonds is 6. The normalized spacial score (nSPS) is 26.2. The number of fused-ring (bicyclic) bond motifs is 1. The van der Waals surface area contributed by atoms with E-state index in [-0.39, 0.29) is 23.9 Å². The molecule has 1 spiro atoms. The van der Waals surface area contributed by atoms with Crippen molar-refractivity contribution in [2.75, 3.05) is 6.54 Å². The Labute approximate surface area is 220 Å². The number of carbonyl (C=O) groups is 4. The van der Waals surface area contributed by atoms with Crippen molar-refractivity contribution in [1.82, 2.24) is 15.2 Å². The Balaban J connectivity index is 1.60. The fourth-order valence-electron chi connectivity index (χ4n) is 7.12. The van der Waals surface area contributed by atoms with Crippen LogP contribution < -0.4 is 16.8 Å². The molecule has 0 bridgehead atoms. The summed E-state index contributed by atoms with van der Waals surface area (Å²) >= 11 is 6.36. The van der Waals surface area contributed by atoms with Crippen molar-refractivity contribution in [3.63, 3.8) is 0 Å². The highest BCUT2D eigenvalue weighted by atomic mass is 35.5. The van der Waals surface area contributed by atoms with E-state index in [1.807, 2.05) is 6.07 Å². The van der Waals surface area contributed by atoms with Crippen molar-refractivity contribution < 1.29 is 19.2 Å². The minimum Gasteiger partial charge on any atom is -0.369 e. The van der Waals surface area contributed by atoms with E-state index >= 15 is 0 Å². The number of aromatic nitrogens is 1. The molecule has 2 saturated heterocycles. The molecular formula is C27H34ClN5O4. The number of aromatic amines is 1. The highest BCUT2D eigenvalue weighted by molar-refractivity contribution is 6.35. The van der Waals surface area contributed by atoms with Crippen LogP contribution in [0.15, 0.2) is 24.3 Å². The first-order chi connectivity index (χ1) is 17.7. The zero-order valence-corrected chi connectivity index (χ0v) is 21.6. The zero-order valence-electron chi connectivity index (χ0n) is 20.8. The van der Waals surface area contributed by atoms with Crippen LogP contribution in [0.25, 0.3) is 10.9 Å². The molecule has 3 fully saturated rings. The Morgan fingerprint density at radius 2 is 1.89 bits per heavy atom. The van der Waals surface area contributed by atoms with Gasteiger partial charge in [-0.25, -0.2) is 0 Å². The van der Waals surface area contributed by atoms with Gasteiger partial charge in [0, 0.05) is 28.4 Å². The summed E-state index contributed by atoms with van der Waals surface area (Å²) in [7, 11) is 0. The van der Waals surface area contributed by atoms with Gasteiger partial charge in [0.25, 0.3) is 5.91 Å². The van der Waals surface area contributed by atoms with Crippen molar-refractivity contribution in [2.45, 2.75) is 69.9 Å². The second kappa shape index (κ2) is 10.0. The lowest BCUT2D eigenvalue weighted by Gasteiger charge is -2.44. The summed E-state index contributed by atoms with van der Waals surface area (Å²) in [4.78, 5) is 57.3. The lowest BCUT2D eigenvalue weighted by atomic mass is 9.64. The predicted octanol–water partition coefficient (Wildman–Crippen LogP) is 2.86.